The number of hydrogen-bond donors (Lipinski definition) is 2. The zero-order valence-electron chi connectivity index (χ0n) is 19.0. The minimum Gasteiger partial charge on any atom is -0.475 e. The first-order valence-electron chi connectivity index (χ1n) is 10.7. The number of ether oxygens (including phenoxy) is 1. The van der Waals surface area contributed by atoms with Crippen molar-refractivity contribution in [2.75, 3.05) is 17.2 Å². The number of nitrogen functional groups attached to an aromatic ring is 1. The normalized spacial score (nSPS) is 11.2. The van der Waals surface area contributed by atoms with E-state index < -0.39 is 17.2 Å². The van der Waals surface area contributed by atoms with Gasteiger partial charge in [0.15, 0.2) is 5.69 Å². The van der Waals surface area contributed by atoms with Crippen LogP contribution in [0.3, 0.4) is 0 Å². The average molecular weight is 432 g/mol. The Morgan fingerprint density at radius 2 is 1.97 bits per heavy atom. The number of rotatable bonds is 10. The molecule has 170 valence electrons. The third-order valence-electron chi connectivity index (χ3n) is 4.73. The Labute approximate surface area is 182 Å². The zero-order chi connectivity index (χ0) is 23.1. The van der Waals surface area contributed by atoms with Crippen LogP contribution in [0.1, 0.15) is 64.2 Å². The van der Waals surface area contributed by atoms with Crippen molar-refractivity contribution in [1.82, 2.24) is 14.5 Å². The maximum absolute atomic E-state index is 13.4. The Morgan fingerprint density at radius 1 is 1.26 bits per heavy atom. The number of hydrogen-bond acceptors (Lipinski definition) is 6. The van der Waals surface area contributed by atoms with E-state index in [4.69, 9.17) is 10.5 Å². The number of pyridine rings is 1. The minimum absolute atomic E-state index is 0.00738. The molecule has 2 aromatic heterocycles. The van der Waals surface area contributed by atoms with Crippen LogP contribution in [0.25, 0.3) is 0 Å². The van der Waals surface area contributed by atoms with Crippen molar-refractivity contribution in [3.63, 3.8) is 0 Å². The van der Waals surface area contributed by atoms with Gasteiger partial charge in [0.25, 0.3) is 11.5 Å². The van der Waals surface area contributed by atoms with Gasteiger partial charge in [-0.05, 0) is 38.7 Å². The molecule has 0 saturated heterocycles. The van der Waals surface area contributed by atoms with Crippen LogP contribution in [0.4, 0.5) is 11.5 Å². The standard InChI is InChI=1S/C22H33N5O4/c1-6-7-11-27-19(23)18(20(28)25-22(27)30)26(12-10-14(2)3)21(29)16-8-9-17(24-13-16)31-15(4)5/h8-9,13-15H,6-7,10-12,23H2,1-5H3,(H,25,28,30). The van der Waals surface area contributed by atoms with E-state index in [1.165, 1.54) is 15.7 Å². The van der Waals surface area contributed by atoms with E-state index in [0.29, 0.717) is 30.3 Å². The fourth-order valence-electron chi connectivity index (χ4n) is 3.05. The molecule has 31 heavy (non-hydrogen) atoms. The molecule has 0 atom stereocenters. The molecule has 9 nitrogen and oxygen atoms in total. The summed E-state index contributed by atoms with van der Waals surface area (Å²) >= 11 is 0. The molecule has 3 N–H and O–H groups in total. The van der Waals surface area contributed by atoms with Gasteiger partial charge in [0, 0.05) is 25.4 Å². The first-order chi connectivity index (χ1) is 14.6. The maximum Gasteiger partial charge on any atom is 0.330 e. The predicted molar refractivity (Wildman–Crippen MR) is 122 cm³/mol. The van der Waals surface area contributed by atoms with E-state index in [1.54, 1.807) is 12.1 Å². The highest BCUT2D eigenvalue weighted by Crippen LogP contribution is 2.22. The molecule has 2 aromatic rings. The number of H-pyrrole nitrogens is 1. The van der Waals surface area contributed by atoms with Crippen molar-refractivity contribution in [2.45, 2.75) is 66.5 Å². The van der Waals surface area contributed by atoms with Crippen LogP contribution in [0.5, 0.6) is 5.88 Å². The van der Waals surface area contributed by atoms with E-state index in [0.717, 1.165) is 12.8 Å². The van der Waals surface area contributed by atoms with E-state index in [2.05, 4.69) is 9.97 Å². The molecule has 0 unspecified atom stereocenters. The molecule has 0 saturated carbocycles. The molecule has 0 spiro atoms. The van der Waals surface area contributed by atoms with Crippen molar-refractivity contribution in [3.8, 4) is 5.88 Å². The Bertz CT molecular complexity index is 992. The fourth-order valence-corrected chi connectivity index (χ4v) is 3.05. The SMILES string of the molecule is CCCCn1c(N)c(N(CCC(C)C)C(=O)c2ccc(OC(C)C)nc2)c(=O)[nH]c1=O. The third kappa shape index (κ3) is 6.19. The molecular weight excluding hydrogens is 398 g/mol. The monoisotopic (exact) mass is 431 g/mol. The quantitative estimate of drug-likeness (QED) is 0.596. The Morgan fingerprint density at radius 3 is 2.52 bits per heavy atom. The number of aromatic nitrogens is 3. The second kappa shape index (κ2) is 10.8. The van der Waals surface area contributed by atoms with Gasteiger partial charge in [0.05, 0.1) is 11.7 Å². The van der Waals surface area contributed by atoms with E-state index in [9.17, 15) is 14.4 Å². The molecule has 2 rings (SSSR count). The van der Waals surface area contributed by atoms with Gasteiger partial charge in [-0.2, -0.15) is 0 Å². The number of unbranched alkanes of at least 4 members (excludes halogenated alkanes) is 1. The highest BCUT2D eigenvalue weighted by molar-refractivity contribution is 6.07. The number of carbonyl (C=O) groups is 1. The molecule has 2 heterocycles. The van der Waals surface area contributed by atoms with Crippen molar-refractivity contribution in [2.24, 2.45) is 5.92 Å². The number of amides is 1. The number of carbonyl (C=O) groups excluding carboxylic acids is 1. The molecule has 9 heteroatoms. The Hall–Kier alpha value is -3.10. The summed E-state index contributed by atoms with van der Waals surface area (Å²) in [5.74, 6) is 0.279. The van der Waals surface area contributed by atoms with Crippen LogP contribution >= 0.6 is 0 Å². The van der Waals surface area contributed by atoms with Gasteiger partial charge in [0.1, 0.15) is 5.82 Å². The predicted octanol–water partition coefficient (Wildman–Crippen LogP) is 2.79. The van der Waals surface area contributed by atoms with Crippen molar-refractivity contribution in [1.29, 1.82) is 0 Å². The molecule has 0 aromatic carbocycles. The Balaban J connectivity index is 2.50. The molecule has 0 aliphatic carbocycles. The van der Waals surface area contributed by atoms with Gasteiger partial charge in [-0.25, -0.2) is 9.78 Å². The van der Waals surface area contributed by atoms with Gasteiger partial charge in [0.2, 0.25) is 5.88 Å². The van der Waals surface area contributed by atoms with Crippen molar-refractivity contribution >= 4 is 17.4 Å². The summed E-state index contributed by atoms with van der Waals surface area (Å²) in [7, 11) is 0. The number of nitrogens with two attached hydrogens (primary N) is 1. The second-order valence-electron chi connectivity index (χ2n) is 8.19. The number of nitrogens with zero attached hydrogens (tertiary/aromatic N) is 3. The zero-order valence-corrected chi connectivity index (χ0v) is 19.0. The van der Waals surface area contributed by atoms with Crippen LogP contribution in [0.2, 0.25) is 0 Å². The third-order valence-corrected chi connectivity index (χ3v) is 4.73. The van der Waals surface area contributed by atoms with Gasteiger partial charge < -0.3 is 15.4 Å². The van der Waals surface area contributed by atoms with Gasteiger partial charge in [-0.1, -0.05) is 27.2 Å². The van der Waals surface area contributed by atoms with Crippen LogP contribution in [0.15, 0.2) is 27.9 Å². The average Bonchev–Trinajstić information content (AvgIpc) is 2.69. The lowest BCUT2D eigenvalue weighted by atomic mass is 10.1. The molecule has 0 aliphatic rings. The van der Waals surface area contributed by atoms with Crippen molar-refractivity contribution < 1.29 is 9.53 Å². The molecule has 1 amide bonds. The number of nitrogens with one attached hydrogen (secondary N) is 1. The van der Waals surface area contributed by atoms with Crippen LogP contribution in [0, 0.1) is 5.92 Å². The summed E-state index contributed by atoms with van der Waals surface area (Å²) in [6.07, 6.45) is 3.60. The summed E-state index contributed by atoms with van der Waals surface area (Å²) in [6.45, 7) is 10.5. The first kappa shape index (κ1) is 24.2. The molecular formula is C22H33N5O4. The highest BCUT2D eigenvalue weighted by Gasteiger charge is 2.25. The largest absolute Gasteiger partial charge is 0.475 e. The maximum atomic E-state index is 13.4. The van der Waals surface area contributed by atoms with Crippen LogP contribution < -0.4 is 26.6 Å². The topological polar surface area (TPSA) is 123 Å². The summed E-state index contributed by atoms with van der Waals surface area (Å²) in [5, 5.41) is 0. The summed E-state index contributed by atoms with van der Waals surface area (Å²) in [4.78, 5) is 46.2. The molecule has 0 radical (unpaired) electrons. The highest BCUT2D eigenvalue weighted by atomic mass is 16.5. The lowest BCUT2D eigenvalue weighted by molar-refractivity contribution is 0.0985. The van der Waals surface area contributed by atoms with Crippen LogP contribution in [-0.4, -0.2) is 33.1 Å². The summed E-state index contributed by atoms with van der Waals surface area (Å²) in [6, 6.07) is 3.22. The summed E-state index contributed by atoms with van der Waals surface area (Å²) in [5.41, 5.74) is 5.27. The molecule has 0 aliphatic heterocycles. The number of anilines is 2. The second-order valence-corrected chi connectivity index (χ2v) is 8.19. The van der Waals surface area contributed by atoms with E-state index in [-0.39, 0.29) is 24.2 Å². The fraction of sp³-hybridized carbons (Fsp3) is 0.545. The van der Waals surface area contributed by atoms with E-state index in [1.807, 2.05) is 34.6 Å². The smallest absolute Gasteiger partial charge is 0.330 e. The van der Waals surface area contributed by atoms with Gasteiger partial charge in [-0.3, -0.25) is 19.1 Å². The first-order valence-corrected chi connectivity index (χ1v) is 10.7. The molecule has 0 bridgehead atoms. The lowest BCUT2D eigenvalue weighted by Crippen LogP contribution is -2.42. The molecule has 0 fully saturated rings. The number of aromatic amines is 1. The summed E-state index contributed by atoms with van der Waals surface area (Å²) < 4.78 is 6.84. The van der Waals surface area contributed by atoms with Crippen LogP contribution in [-0.2, 0) is 6.54 Å². The Kier molecular flexibility index (Phi) is 8.41. The van der Waals surface area contributed by atoms with E-state index >= 15 is 0 Å². The lowest BCUT2D eigenvalue weighted by Gasteiger charge is -2.25. The van der Waals surface area contributed by atoms with Crippen molar-refractivity contribution in [3.05, 3.63) is 44.7 Å². The minimum atomic E-state index is -0.680. The van der Waals surface area contributed by atoms with Gasteiger partial charge >= 0.3 is 5.69 Å². The van der Waals surface area contributed by atoms with Gasteiger partial charge in [-0.15, -0.1) is 0 Å².